The number of imide groups is 1. The summed E-state index contributed by atoms with van der Waals surface area (Å²) in [5, 5.41) is -0.349. The Morgan fingerprint density at radius 1 is 1.03 bits per heavy atom. The lowest BCUT2D eigenvalue weighted by Crippen LogP contribution is -2.27. The molecule has 2 aromatic rings. The van der Waals surface area contributed by atoms with Crippen molar-refractivity contribution in [2.75, 3.05) is 13.2 Å². The van der Waals surface area contributed by atoms with E-state index in [4.69, 9.17) is 9.47 Å². The molecule has 0 N–H and O–H groups in total. The Kier molecular flexibility index (Phi) is 6.93. The summed E-state index contributed by atoms with van der Waals surface area (Å²) in [7, 11) is 0. The number of carbonyl (C=O) groups is 2. The third-order valence-electron chi connectivity index (χ3n) is 4.15. The minimum absolute atomic E-state index is 0.107. The van der Waals surface area contributed by atoms with Crippen LogP contribution < -0.4 is 9.47 Å². The Balaban J connectivity index is 1.79. The van der Waals surface area contributed by atoms with Gasteiger partial charge in [-0.3, -0.25) is 14.5 Å². The van der Waals surface area contributed by atoms with E-state index in [1.165, 1.54) is 12.1 Å². The highest BCUT2D eigenvalue weighted by molar-refractivity contribution is 8.18. The van der Waals surface area contributed by atoms with Crippen molar-refractivity contribution in [2.45, 2.75) is 26.8 Å². The first kappa shape index (κ1) is 20.9. The molecule has 1 heterocycles. The summed E-state index contributed by atoms with van der Waals surface area (Å²) in [4.78, 5) is 26.5. The number of benzene rings is 2. The molecule has 0 aromatic heterocycles. The maximum atomic E-state index is 13.1. The molecule has 0 atom stereocenters. The van der Waals surface area contributed by atoms with Gasteiger partial charge in [0, 0.05) is 0 Å². The first-order valence-corrected chi connectivity index (χ1v) is 10.2. The van der Waals surface area contributed by atoms with Crippen LogP contribution in [0.1, 0.15) is 31.4 Å². The van der Waals surface area contributed by atoms with E-state index in [9.17, 15) is 14.0 Å². The predicted octanol–water partition coefficient (Wildman–Crippen LogP) is 5.25. The molecule has 1 saturated heterocycles. The lowest BCUT2D eigenvalue weighted by Gasteiger charge is -2.13. The number of amides is 2. The van der Waals surface area contributed by atoms with Crippen molar-refractivity contribution in [1.29, 1.82) is 0 Å². The molecule has 2 aromatic carbocycles. The predicted molar refractivity (Wildman–Crippen MR) is 111 cm³/mol. The molecule has 5 nitrogen and oxygen atoms in total. The number of nitrogens with zero attached hydrogens (tertiary/aromatic N) is 1. The van der Waals surface area contributed by atoms with Gasteiger partial charge in [0.25, 0.3) is 11.1 Å². The van der Waals surface area contributed by atoms with Gasteiger partial charge in [0.2, 0.25) is 0 Å². The SMILES string of the molecule is CCCOc1ccc(/C=C2\SC(=O)N(Cc3ccc(F)cc3)C2=O)cc1OCC. The molecule has 29 heavy (non-hydrogen) atoms. The Morgan fingerprint density at radius 3 is 2.48 bits per heavy atom. The molecule has 7 heteroatoms. The third kappa shape index (κ3) is 5.17. The molecule has 1 aliphatic rings. The number of rotatable bonds is 8. The van der Waals surface area contributed by atoms with Gasteiger partial charge in [0.05, 0.1) is 24.7 Å². The van der Waals surface area contributed by atoms with Crippen LogP contribution in [0, 0.1) is 5.82 Å². The van der Waals surface area contributed by atoms with Crippen molar-refractivity contribution in [3.63, 3.8) is 0 Å². The highest BCUT2D eigenvalue weighted by Crippen LogP contribution is 2.35. The lowest BCUT2D eigenvalue weighted by atomic mass is 10.1. The topological polar surface area (TPSA) is 55.8 Å². The largest absolute Gasteiger partial charge is 0.490 e. The van der Waals surface area contributed by atoms with Gasteiger partial charge in [-0.15, -0.1) is 0 Å². The Labute approximate surface area is 173 Å². The average molecular weight is 415 g/mol. The first-order valence-electron chi connectivity index (χ1n) is 9.41. The van der Waals surface area contributed by atoms with Gasteiger partial charge in [-0.2, -0.15) is 0 Å². The fourth-order valence-corrected chi connectivity index (χ4v) is 3.61. The van der Waals surface area contributed by atoms with Crippen LogP contribution in [0.5, 0.6) is 11.5 Å². The maximum absolute atomic E-state index is 13.1. The maximum Gasteiger partial charge on any atom is 0.293 e. The Hall–Kier alpha value is -2.80. The van der Waals surface area contributed by atoms with Gasteiger partial charge >= 0.3 is 0 Å². The van der Waals surface area contributed by atoms with Crippen LogP contribution in [-0.4, -0.2) is 29.3 Å². The van der Waals surface area contributed by atoms with Crippen molar-refractivity contribution >= 4 is 29.0 Å². The van der Waals surface area contributed by atoms with Crippen molar-refractivity contribution < 1.29 is 23.5 Å². The van der Waals surface area contributed by atoms with E-state index >= 15 is 0 Å². The molecule has 0 spiro atoms. The van der Waals surface area contributed by atoms with Crippen LogP contribution in [0.25, 0.3) is 6.08 Å². The van der Waals surface area contributed by atoms with E-state index in [1.54, 1.807) is 30.3 Å². The standard InChI is InChI=1S/C22H22FNO4S/c1-3-11-28-18-10-7-16(12-19(18)27-4-2)13-20-21(25)24(22(26)29-20)14-15-5-8-17(23)9-6-15/h5-10,12-13H,3-4,11,14H2,1-2H3/b20-13-. The normalized spacial score (nSPS) is 15.3. The van der Waals surface area contributed by atoms with Gasteiger partial charge in [-0.1, -0.05) is 25.1 Å². The molecular weight excluding hydrogens is 393 g/mol. The fourth-order valence-electron chi connectivity index (χ4n) is 2.77. The summed E-state index contributed by atoms with van der Waals surface area (Å²) < 4.78 is 24.4. The monoisotopic (exact) mass is 415 g/mol. The van der Waals surface area contributed by atoms with Gasteiger partial charge < -0.3 is 9.47 Å². The smallest absolute Gasteiger partial charge is 0.293 e. The zero-order valence-corrected chi connectivity index (χ0v) is 17.1. The van der Waals surface area contributed by atoms with Crippen LogP contribution in [0.2, 0.25) is 0 Å². The minimum Gasteiger partial charge on any atom is -0.490 e. The zero-order chi connectivity index (χ0) is 20.8. The van der Waals surface area contributed by atoms with E-state index in [-0.39, 0.29) is 23.5 Å². The highest BCUT2D eigenvalue weighted by atomic mass is 32.2. The van der Waals surface area contributed by atoms with E-state index < -0.39 is 0 Å². The van der Waals surface area contributed by atoms with Crippen molar-refractivity contribution in [2.24, 2.45) is 0 Å². The molecule has 0 aliphatic carbocycles. The molecule has 152 valence electrons. The number of thioether (sulfide) groups is 1. The minimum atomic E-state index is -0.367. The number of carbonyl (C=O) groups excluding carboxylic acids is 2. The number of hydrogen-bond donors (Lipinski definition) is 0. The molecule has 0 unspecified atom stereocenters. The van der Waals surface area contributed by atoms with E-state index in [0.29, 0.717) is 35.2 Å². The number of halogens is 1. The molecule has 1 aliphatic heterocycles. The summed E-state index contributed by atoms with van der Waals surface area (Å²) in [5.41, 5.74) is 1.43. The molecule has 3 rings (SSSR count). The van der Waals surface area contributed by atoms with Gasteiger partial charge in [0.1, 0.15) is 5.82 Å². The summed E-state index contributed by atoms with van der Waals surface area (Å²) in [6, 6.07) is 11.2. The molecule has 0 radical (unpaired) electrons. The van der Waals surface area contributed by atoms with Crippen LogP contribution in [0.3, 0.4) is 0 Å². The second-order valence-electron chi connectivity index (χ2n) is 6.38. The average Bonchev–Trinajstić information content (AvgIpc) is 2.96. The molecule has 0 bridgehead atoms. The summed E-state index contributed by atoms with van der Waals surface area (Å²) in [6.07, 6.45) is 2.55. The first-order chi connectivity index (χ1) is 14.0. The van der Waals surface area contributed by atoms with E-state index in [0.717, 1.165) is 28.6 Å². The Morgan fingerprint density at radius 2 is 1.79 bits per heavy atom. The third-order valence-corrected chi connectivity index (χ3v) is 5.06. The lowest BCUT2D eigenvalue weighted by molar-refractivity contribution is -0.123. The highest BCUT2D eigenvalue weighted by Gasteiger charge is 2.35. The summed E-state index contributed by atoms with van der Waals surface area (Å²) in [5.74, 6) is 0.517. The van der Waals surface area contributed by atoms with Crippen molar-refractivity contribution in [1.82, 2.24) is 4.90 Å². The van der Waals surface area contributed by atoms with Crippen LogP contribution in [-0.2, 0) is 11.3 Å². The van der Waals surface area contributed by atoms with Crippen LogP contribution in [0.15, 0.2) is 47.4 Å². The van der Waals surface area contributed by atoms with E-state index in [2.05, 4.69) is 0 Å². The van der Waals surface area contributed by atoms with Gasteiger partial charge in [-0.05, 0) is 66.6 Å². The van der Waals surface area contributed by atoms with Crippen LogP contribution >= 0.6 is 11.8 Å². The molecule has 0 saturated carbocycles. The second-order valence-corrected chi connectivity index (χ2v) is 7.38. The van der Waals surface area contributed by atoms with Gasteiger partial charge in [-0.25, -0.2) is 4.39 Å². The molecule has 2 amide bonds. The number of hydrogen-bond acceptors (Lipinski definition) is 5. The van der Waals surface area contributed by atoms with Crippen LogP contribution in [0.4, 0.5) is 9.18 Å². The molecular formula is C22H22FNO4S. The Bertz CT molecular complexity index is 927. The molecule has 1 fully saturated rings. The van der Waals surface area contributed by atoms with Gasteiger partial charge in [0.15, 0.2) is 11.5 Å². The van der Waals surface area contributed by atoms with Crippen molar-refractivity contribution in [3.05, 3.63) is 64.3 Å². The zero-order valence-electron chi connectivity index (χ0n) is 16.3. The second kappa shape index (κ2) is 9.60. The summed E-state index contributed by atoms with van der Waals surface area (Å²) in [6.45, 7) is 5.09. The number of ether oxygens (including phenoxy) is 2. The quantitative estimate of drug-likeness (QED) is 0.551. The van der Waals surface area contributed by atoms with E-state index in [1.807, 2.05) is 19.9 Å². The fraction of sp³-hybridized carbons (Fsp3) is 0.273. The van der Waals surface area contributed by atoms with Crippen molar-refractivity contribution in [3.8, 4) is 11.5 Å². The summed E-state index contributed by atoms with van der Waals surface area (Å²) >= 11 is 0.889.